The third-order valence-electron chi connectivity index (χ3n) is 5.82. The highest BCUT2D eigenvalue weighted by atomic mass is 16.2. The second-order valence-electron chi connectivity index (χ2n) is 7.92. The number of fused-ring (bicyclic) bond motifs is 1. The van der Waals surface area contributed by atoms with E-state index in [-0.39, 0.29) is 17.9 Å². The molecule has 0 radical (unpaired) electrons. The molecule has 1 aliphatic heterocycles. The van der Waals surface area contributed by atoms with Gasteiger partial charge < -0.3 is 14.8 Å². The van der Waals surface area contributed by atoms with E-state index in [2.05, 4.69) is 14.9 Å². The maximum Gasteiger partial charge on any atom is 0.226 e. The van der Waals surface area contributed by atoms with Crippen molar-refractivity contribution in [2.45, 2.75) is 76.9 Å². The number of nitrogens with one attached hydrogen (secondary N) is 1. The van der Waals surface area contributed by atoms with Crippen LogP contribution in [-0.2, 0) is 22.6 Å². The largest absolute Gasteiger partial charge is 0.353 e. The number of amides is 2. The van der Waals surface area contributed by atoms with E-state index in [1.165, 1.54) is 25.7 Å². The average molecular weight is 344 g/mol. The Morgan fingerprint density at radius 3 is 2.68 bits per heavy atom. The number of imidazole rings is 1. The Hall–Kier alpha value is -1.85. The maximum atomic E-state index is 12.5. The zero-order valence-corrected chi connectivity index (χ0v) is 15.0. The van der Waals surface area contributed by atoms with Crippen LogP contribution in [0.2, 0.25) is 0 Å². The molecule has 25 heavy (non-hydrogen) atoms. The molecule has 3 aliphatic rings. The Balaban J connectivity index is 1.38. The van der Waals surface area contributed by atoms with E-state index in [1.807, 2.05) is 18.0 Å². The average Bonchev–Trinajstić information content (AvgIpc) is 3.07. The summed E-state index contributed by atoms with van der Waals surface area (Å²) >= 11 is 0. The van der Waals surface area contributed by atoms with Crippen molar-refractivity contribution in [3.8, 4) is 0 Å². The third-order valence-corrected chi connectivity index (χ3v) is 5.82. The molecule has 136 valence electrons. The lowest BCUT2D eigenvalue weighted by Gasteiger charge is -2.34. The van der Waals surface area contributed by atoms with Crippen LogP contribution in [-0.4, -0.2) is 38.9 Å². The van der Waals surface area contributed by atoms with Crippen LogP contribution in [0.4, 0.5) is 0 Å². The van der Waals surface area contributed by atoms with Crippen LogP contribution in [0, 0.1) is 5.92 Å². The Bertz CT molecular complexity index is 658. The maximum absolute atomic E-state index is 12.5. The molecule has 2 amide bonds. The Kier molecular flexibility index (Phi) is 4.52. The van der Waals surface area contributed by atoms with Crippen LogP contribution < -0.4 is 5.32 Å². The molecule has 1 aromatic rings. The quantitative estimate of drug-likeness (QED) is 0.890. The summed E-state index contributed by atoms with van der Waals surface area (Å²) in [6.45, 7) is 3.56. The fourth-order valence-corrected chi connectivity index (χ4v) is 4.17. The molecule has 2 heterocycles. The van der Waals surface area contributed by atoms with Gasteiger partial charge in [0.15, 0.2) is 0 Å². The molecular weight excluding hydrogens is 316 g/mol. The number of carbonyl (C=O) groups excluding carboxylic acids is 2. The first kappa shape index (κ1) is 16.6. The van der Waals surface area contributed by atoms with E-state index >= 15 is 0 Å². The van der Waals surface area contributed by atoms with Crippen LogP contribution >= 0.6 is 0 Å². The highest BCUT2D eigenvalue weighted by Gasteiger charge is 2.33. The van der Waals surface area contributed by atoms with Crippen molar-refractivity contribution in [1.82, 2.24) is 19.8 Å². The molecule has 1 N–H and O–H groups in total. The van der Waals surface area contributed by atoms with Gasteiger partial charge in [0.1, 0.15) is 5.82 Å². The fraction of sp³-hybridized carbons (Fsp3) is 0.737. The standard InChI is InChI=1S/C19H28N4O2/c1-13-19-21-16(11-17(24)20-15-4-2-3-5-15)12-22(19)8-9-23(13)18(25)10-14-6-7-14/h12-15H,2-11H2,1H3,(H,20,24)/t13-/m1/s1. The van der Waals surface area contributed by atoms with Crippen molar-refractivity contribution in [1.29, 1.82) is 0 Å². The summed E-state index contributed by atoms with van der Waals surface area (Å²) < 4.78 is 2.11. The summed E-state index contributed by atoms with van der Waals surface area (Å²) in [5, 5.41) is 3.12. The van der Waals surface area contributed by atoms with Gasteiger partial charge in [0.2, 0.25) is 11.8 Å². The molecular formula is C19H28N4O2. The molecule has 2 fully saturated rings. The van der Waals surface area contributed by atoms with Gasteiger partial charge in [-0.3, -0.25) is 9.59 Å². The van der Waals surface area contributed by atoms with Gasteiger partial charge in [-0.05, 0) is 38.5 Å². The van der Waals surface area contributed by atoms with Gasteiger partial charge in [0.05, 0.1) is 18.2 Å². The van der Waals surface area contributed by atoms with Crippen LogP contribution in [0.15, 0.2) is 6.20 Å². The minimum Gasteiger partial charge on any atom is -0.353 e. The Morgan fingerprint density at radius 2 is 1.96 bits per heavy atom. The van der Waals surface area contributed by atoms with Crippen LogP contribution in [0.25, 0.3) is 0 Å². The minimum absolute atomic E-state index is 0.00774. The molecule has 6 heteroatoms. The SMILES string of the molecule is C[C@@H]1c2nc(CC(=O)NC3CCCC3)cn2CCN1C(=O)CC1CC1. The molecule has 2 aliphatic carbocycles. The summed E-state index contributed by atoms with van der Waals surface area (Å²) in [4.78, 5) is 31.4. The van der Waals surface area contributed by atoms with Gasteiger partial charge in [0, 0.05) is 31.7 Å². The highest BCUT2D eigenvalue weighted by Crippen LogP contribution is 2.34. The van der Waals surface area contributed by atoms with Crippen LogP contribution in [0.5, 0.6) is 0 Å². The second kappa shape index (κ2) is 6.81. The molecule has 0 unspecified atom stereocenters. The predicted molar refractivity (Wildman–Crippen MR) is 93.8 cm³/mol. The molecule has 4 rings (SSSR count). The topological polar surface area (TPSA) is 67.2 Å². The first-order valence-corrected chi connectivity index (χ1v) is 9.75. The molecule has 0 spiro atoms. The predicted octanol–water partition coefficient (Wildman–Crippen LogP) is 2.19. The number of carbonyl (C=O) groups is 2. The summed E-state index contributed by atoms with van der Waals surface area (Å²) in [6, 6.07) is 0.339. The lowest BCUT2D eigenvalue weighted by Crippen LogP contribution is -2.41. The van der Waals surface area contributed by atoms with Crippen molar-refractivity contribution in [3.05, 3.63) is 17.7 Å². The summed E-state index contributed by atoms with van der Waals surface area (Å²) in [5.74, 6) is 1.84. The van der Waals surface area contributed by atoms with E-state index in [0.29, 0.717) is 24.8 Å². The van der Waals surface area contributed by atoms with Gasteiger partial charge in [-0.25, -0.2) is 4.98 Å². The molecule has 0 bridgehead atoms. The molecule has 1 atom stereocenters. The van der Waals surface area contributed by atoms with Gasteiger partial charge in [-0.2, -0.15) is 0 Å². The normalized spacial score (nSPS) is 23.6. The lowest BCUT2D eigenvalue weighted by atomic mass is 10.1. The first-order valence-electron chi connectivity index (χ1n) is 9.75. The monoisotopic (exact) mass is 344 g/mol. The minimum atomic E-state index is -0.00774. The van der Waals surface area contributed by atoms with Gasteiger partial charge in [0.25, 0.3) is 0 Å². The van der Waals surface area contributed by atoms with Crippen LogP contribution in [0.3, 0.4) is 0 Å². The number of aromatic nitrogens is 2. The third kappa shape index (κ3) is 3.72. The van der Waals surface area contributed by atoms with Gasteiger partial charge >= 0.3 is 0 Å². The summed E-state index contributed by atoms with van der Waals surface area (Å²) in [5.41, 5.74) is 0.814. The zero-order valence-electron chi connectivity index (χ0n) is 15.0. The van der Waals surface area contributed by atoms with E-state index in [9.17, 15) is 9.59 Å². The van der Waals surface area contributed by atoms with Crippen molar-refractivity contribution < 1.29 is 9.59 Å². The number of hydrogen-bond acceptors (Lipinski definition) is 3. The Labute approximate surface area is 149 Å². The lowest BCUT2D eigenvalue weighted by molar-refractivity contribution is -0.135. The molecule has 2 saturated carbocycles. The molecule has 6 nitrogen and oxygen atoms in total. The summed E-state index contributed by atoms with van der Waals surface area (Å²) in [6.07, 6.45) is 10.0. The van der Waals surface area contributed by atoms with E-state index < -0.39 is 0 Å². The smallest absolute Gasteiger partial charge is 0.226 e. The fourth-order valence-electron chi connectivity index (χ4n) is 4.17. The van der Waals surface area contributed by atoms with E-state index in [4.69, 9.17) is 0 Å². The van der Waals surface area contributed by atoms with Gasteiger partial charge in [-0.15, -0.1) is 0 Å². The van der Waals surface area contributed by atoms with Gasteiger partial charge in [-0.1, -0.05) is 12.8 Å². The van der Waals surface area contributed by atoms with Crippen molar-refractivity contribution in [3.63, 3.8) is 0 Å². The number of nitrogens with zero attached hydrogens (tertiary/aromatic N) is 3. The Morgan fingerprint density at radius 1 is 1.20 bits per heavy atom. The number of hydrogen-bond donors (Lipinski definition) is 1. The van der Waals surface area contributed by atoms with E-state index in [1.54, 1.807) is 0 Å². The second-order valence-corrected chi connectivity index (χ2v) is 7.92. The first-order chi connectivity index (χ1) is 12.1. The molecule has 1 aromatic heterocycles. The molecule has 0 saturated heterocycles. The van der Waals surface area contributed by atoms with Crippen molar-refractivity contribution >= 4 is 11.8 Å². The number of rotatable bonds is 5. The zero-order chi connectivity index (χ0) is 17.4. The van der Waals surface area contributed by atoms with Crippen molar-refractivity contribution in [2.24, 2.45) is 5.92 Å². The van der Waals surface area contributed by atoms with Crippen molar-refractivity contribution in [2.75, 3.05) is 6.54 Å². The highest BCUT2D eigenvalue weighted by molar-refractivity contribution is 5.78. The van der Waals surface area contributed by atoms with E-state index in [0.717, 1.165) is 37.4 Å². The molecule has 0 aromatic carbocycles. The van der Waals surface area contributed by atoms with Crippen LogP contribution in [0.1, 0.15) is 69.4 Å². The summed E-state index contributed by atoms with van der Waals surface area (Å²) in [7, 11) is 0.